The summed E-state index contributed by atoms with van der Waals surface area (Å²) in [5.41, 5.74) is 3.61. The van der Waals surface area contributed by atoms with E-state index in [2.05, 4.69) is 10.6 Å². The number of carbonyl (C=O) groups is 2. The van der Waals surface area contributed by atoms with Gasteiger partial charge in [0.2, 0.25) is 5.91 Å². The van der Waals surface area contributed by atoms with Crippen LogP contribution in [0.4, 0.5) is 16.2 Å². The molecule has 1 heterocycles. The molecule has 30 heavy (non-hydrogen) atoms. The van der Waals surface area contributed by atoms with Crippen molar-refractivity contribution in [3.8, 4) is 0 Å². The van der Waals surface area contributed by atoms with Crippen LogP contribution < -0.4 is 15.5 Å². The molecular weight excluding hydrogens is 398 g/mol. The van der Waals surface area contributed by atoms with E-state index < -0.39 is 12.1 Å². The molecule has 0 saturated heterocycles. The number of para-hydroxylation sites is 1. The molecule has 3 aromatic rings. The molecular formula is C24H22ClN3O2. The Morgan fingerprint density at radius 1 is 0.967 bits per heavy atom. The summed E-state index contributed by atoms with van der Waals surface area (Å²) in [5.74, 6) is -0.120. The Balaban J connectivity index is 1.53. The second-order valence-corrected chi connectivity index (χ2v) is 7.66. The first kappa shape index (κ1) is 20.0. The van der Waals surface area contributed by atoms with Gasteiger partial charge in [0.05, 0.1) is 0 Å². The molecule has 5 nitrogen and oxygen atoms in total. The van der Waals surface area contributed by atoms with Gasteiger partial charge in [-0.25, -0.2) is 4.79 Å². The van der Waals surface area contributed by atoms with E-state index in [1.54, 1.807) is 29.2 Å². The SMILES string of the molecule is O=C(Nc1cccc(Cl)c1)N[C@@H](Cc1ccccc1)C(=O)N1CCc2ccccc21. The molecule has 0 saturated carbocycles. The fourth-order valence-electron chi connectivity index (χ4n) is 3.70. The standard InChI is InChI=1S/C24H22ClN3O2/c25-19-10-6-11-20(16-19)26-24(30)27-21(15-17-7-2-1-3-8-17)23(29)28-14-13-18-9-4-5-12-22(18)28/h1-12,16,21H,13-15H2,(H2,26,27,30)/t21-/m0/s1. The summed E-state index contributed by atoms with van der Waals surface area (Å²) in [4.78, 5) is 27.8. The molecule has 6 heteroatoms. The predicted molar refractivity (Wildman–Crippen MR) is 120 cm³/mol. The highest BCUT2D eigenvalue weighted by Gasteiger charge is 2.31. The number of rotatable bonds is 5. The number of nitrogens with one attached hydrogen (secondary N) is 2. The van der Waals surface area contributed by atoms with Gasteiger partial charge in [-0.2, -0.15) is 0 Å². The number of fused-ring (bicyclic) bond motifs is 1. The minimum atomic E-state index is -0.697. The van der Waals surface area contributed by atoms with Crippen molar-refractivity contribution in [1.29, 1.82) is 0 Å². The minimum absolute atomic E-state index is 0.120. The van der Waals surface area contributed by atoms with Crippen molar-refractivity contribution in [1.82, 2.24) is 5.32 Å². The molecule has 0 unspecified atom stereocenters. The first-order chi connectivity index (χ1) is 14.6. The molecule has 3 aromatic carbocycles. The summed E-state index contributed by atoms with van der Waals surface area (Å²) in [5, 5.41) is 6.14. The van der Waals surface area contributed by atoms with Crippen LogP contribution in [0, 0.1) is 0 Å². The number of benzene rings is 3. The quantitative estimate of drug-likeness (QED) is 0.631. The third-order valence-corrected chi connectivity index (χ3v) is 5.36. The highest BCUT2D eigenvalue weighted by molar-refractivity contribution is 6.30. The molecule has 0 spiro atoms. The largest absolute Gasteiger partial charge is 0.326 e. The predicted octanol–water partition coefficient (Wildman–Crippen LogP) is 4.66. The van der Waals surface area contributed by atoms with Crippen LogP contribution in [0.1, 0.15) is 11.1 Å². The third kappa shape index (κ3) is 4.63. The average Bonchev–Trinajstić information content (AvgIpc) is 3.18. The van der Waals surface area contributed by atoms with E-state index in [0.29, 0.717) is 23.7 Å². The fraction of sp³-hybridized carbons (Fsp3) is 0.167. The highest BCUT2D eigenvalue weighted by atomic mass is 35.5. The van der Waals surface area contributed by atoms with Gasteiger partial charge in [0.15, 0.2) is 0 Å². The summed E-state index contributed by atoms with van der Waals surface area (Å²) < 4.78 is 0. The third-order valence-electron chi connectivity index (χ3n) is 5.12. The van der Waals surface area contributed by atoms with E-state index in [9.17, 15) is 9.59 Å². The van der Waals surface area contributed by atoms with Gasteiger partial charge in [0.1, 0.15) is 6.04 Å². The maximum absolute atomic E-state index is 13.4. The van der Waals surface area contributed by atoms with E-state index >= 15 is 0 Å². The van der Waals surface area contributed by atoms with Crippen molar-refractivity contribution in [3.63, 3.8) is 0 Å². The topological polar surface area (TPSA) is 61.4 Å². The Kier molecular flexibility index (Phi) is 6.00. The van der Waals surface area contributed by atoms with Crippen molar-refractivity contribution < 1.29 is 9.59 Å². The van der Waals surface area contributed by atoms with Crippen LogP contribution in [-0.2, 0) is 17.6 Å². The van der Waals surface area contributed by atoms with E-state index in [0.717, 1.165) is 23.2 Å². The van der Waals surface area contributed by atoms with Crippen LogP contribution in [-0.4, -0.2) is 24.5 Å². The molecule has 0 radical (unpaired) electrons. The van der Waals surface area contributed by atoms with Gasteiger partial charge in [0.25, 0.3) is 0 Å². The normalized spacial score (nSPS) is 13.4. The number of anilines is 2. The van der Waals surface area contributed by atoms with Gasteiger partial charge in [-0.15, -0.1) is 0 Å². The molecule has 3 amide bonds. The summed E-state index contributed by atoms with van der Waals surface area (Å²) in [7, 11) is 0. The number of amides is 3. The lowest BCUT2D eigenvalue weighted by atomic mass is 10.0. The highest BCUT2D eigenvalue weighted by Crippen LogP contribution is 2.28. The summed E-state index contributed by atoms with van der Waals surface area (Å²) in [6.07, 6.45) is 1.22. The molecule has 2 N–H and O–H groups in total. The van der Waals surface area contributed by atoms with E-state index in [1.165, 1.54) is 0 Å². The first-order valence-electron chi connectivity index (χ1n) is 9.86. The van der Waals surface area contributed by atoms with Crippen LogP contribution in [0.5, 0.6) is 0 Å². The zero-order valence-corrected chi connectivity index (χ0v) is 17.1. The molecule has 0 aliphatic carbocycles. The Labute approximate surface area is 180 Å². The summed E-state index contributed by atoms with van der Waals surface area (Å²) >= 11 is 5.99. The average molecular weight is 420 g/mol. The molecule has 1 aliphatic heterocycles. The Morgan fingerprint density at radius 3 is 2.53 bits per heavy atom. The number of nitrogens with zero attached hydrogens (tertiary/aromatic N) is 1. The maximum Gasteiger partial charge on any atom is 0.319 e. The van der Waals surface area contributed by atoms with Gasteiger partial charge in [0, 0.05) is 29.4 Å². The van der Waals surface area contributed by atoms with Crippen molar-refractivity contribution in [2.75, 3.05) is 16.8 Å². The lowest BCUT2D eigenvalue weighted by molar-refractivity contribution is -0.120. The van der Waals surface area contributed by atoms with Crippen molar-refractivity contribution in [3.05, 3.63) is 95.0 Å². The Hall–Kier alpha value is -3.31. The van der Waals surface area contributed by atoms with E-state index in [-0.39, 0.29) is 5.91 Å². The first-order valence-corrected chi connectivity index (χ1v) is 10.2. The maximum atomic E-state index is 13.4. The van der Waals surface area contributed by atoms with Crippen molar-refractivity contribution in [2.24, 2.45) is 0 Å². The monoisotopic (exact) mass is 419 g/mol. The molecule has 152 valence electrons. The smallest absolute Gasteiger partial charge is 0.319 e. The van der Waals surface area contributed by atoms with Gasteiger partial charge < -0.3 is 15.5 Å². The fourth-order valence-corrected chi connectivity index (χ4v) is 3.89. The zero-order valence-electron chi connectivity index (χ0n) is 16.3. The van der Waals surface area contributed by atoms with E-state index in [1.807, 2.05) is 54.6 Å². The van der Waals surface area contributed by atoms with E-state index in [4.69, 9.17) is 11.6 Å². The molecule has 0 bridgehead atoms. The minimum Gasteiger partial charge on any atom is -0.326 e. The number of halogens is 1. The number of carbonyl (C=O) groups excluding carboxylic acids is 2. The molecule has 4 rings (SSSR count). The number of hydrogen-bond donors (Lipinski definition) is 2. The van der Waals surface area contributed by atoms with Crippen LogP contribution in [0.25, 0.3) is 0 Å². The van der Waals surface area contributed by atoms with Gasteiger partial charge in [-0.1, -0.05) is 66.2 Å². The summed E-state index contributed by atoms with van der Waals surface area (Å²) in [6.45, 7) is 0.612. The van der Waals surface area contributed by atoms with Gasteiger partial charge >= 0.3 is 6.03 Å². The van der Waals surface area contributed by atoms with Gasteiger partial charge in [-0.3, -0.25) is 4.79 Å². The lowest BCUT2D eigenvalue weighted by Gasteiger charge is -2.25. The summed E-state index contributed by atoms with van der Waals surface area (Å²) in [6, 6.07) is 23.3. The molecule has 0 fully saturated rings. The lowest BCUT2D eigenvalue weighted by Crippen LogP contribution is -2.50. The Bertz CT molecular complexity index is 1060. The van der Waals surface area contributed by atoms with Crippen LogP contribution in [0.2, 0.25) is 5.02 Å². The molecule has 1 aliphatic rings. The second-order valence-electron chi connectivity index (χ2n) is 7.22. The zero-order chi connectivity index (χ0) is 20.9. The van der Waals surface area contributed by atoms with Crippen LogP contribution in [0.3, 0.4) is 0 Å². The number of hydrogen-bond acceptors (Lipinski definition) is 2. The Morgan fingerprint density at radius 2 is 1.73 bits per heavy atom. The van der Waals surface area contributed by atoms with Crippen molar-refractivity contribution in [2.45, 2.75) is 18.9 Å². The van der Waals surface area contributed by atoms with Crippen molar-refractivity contribution >= 4 is 34.9 Å². The van der Waals surface area contributed by atoms with Crippen LogP contribution >= 0.6 is 11.6 Å². The molecule has 1 atom stereocenters. The second kappa shape index (κ2) is 9.01. The van der Waals surface area contributed by atoms with Crippen LogP contribution in [0.15, 0.2) is 78.9 Å². The number of urea groups is 1. The molecule has 0 aromatic heterocycles. The van der Waals surface area contributed by atoms with Gasteiger partial charge in [-0.05, 0) is 41.8 Å².